The molecule has 5 fully saturated rings. The van der Waals surface area contributed by atoms with Gasteiger partial charge in [0.05, 0.1) is 13.2 Å². The van der Waals surface area contributed by atoms with Gasteiger partial charge in [-0.3, -0.25) is 4.90 Å². The lowest BCUT2D eigenvalue weighted by molar-refractivity contribution is 0.122. The van der Waals surface area contributed by atoms with Crippen LogP contribution in [0.25, 0.3) is 0 Å². The zero-order chi connectivity index (χ0) is 21.4. The lowest BCUT2D eigenvalue weighted by Gasteiger charge is -2.41. The van der Waals surface area contributed by atoms with Crippen LogP contribution in [0.4, 0.5) is 11.4 Å². The molecule has 1 aromatic carbocycles. The molecule has 0 aromatic heterocycles. The van der Waals surface area contributed by atoms with Crippen molar-refractivity contribution < 1.29 is 4.74 Å². The number of rotatable bonds is 5. The highest BCUT2D eigenvalue weighted by Crippen LogP contribution is 2.53. The molecule has 0 atom stereocenters. The van der Waals surface area contributed by atoms with E-state index in [-0.39, 0.29) is 0 Å². The van der Waals surface area contributed by atoms with Crippen LogP contribution < -0.4 is 9.80 Å². The Morgan fingerprint density at radius 2 is 1.50 bits per heavy atom. The van der Waals surface area contributed by atoms with E-state index in [0.717, 1.165) is 38.1 Å². The summed E-state index contributed by atoms with van der Waals surface area (Å²) >= 11 is 0. The lowest BCUT2D eigenvalue weighted by Crippen LogP contribution is -2.47. The molecular formula is C28H43N3O. The number of hydrogen-bond acceptors (Lipinski definition) is 4. The molecule has 0 bridgehead atoms. The fraction of sp³-hybridized carbons (Fsp3) is 0.786. The Labute approximate surface area is 195 Å². The third kappa shape index (κ3) is 4.55. The van der Waals surface area contributed by atoms with Crippen LogP contribution in [0.15, 0.2) is 18.2 Å². The Morgan fingerprint density at radius 1 is 0.781 bits per heavy atom. The summed E-state index contributed by atoms with van der Waals surface area (Å²) in [5, 5.41) is 0. The van der Waals surface area contributed by atoms with Crippen molar-refractivity contribution in [1.29, 1.82) is 0 Å². The molecule has 2 aliphatic heterocycles. The van der Waals surface area contributed by atoms with Crippen molar-refractivity contribution >= 4 is 11.4 Å². The van der Waals surface area contributed by atoms with Crippen molar-refractivity contribution in [3.63, 3.8) is 0 Å². The van der Waals surface area contributed by atoms with E-state index in [4.69, 9.17) is 4.74 Å². The molecule has 176 valence electrons. The largest absolute Gasteiger partial charge is 0.378 e. The molecule has 32 heavy (non-hydrogen) atoms. The minimum absolute atomic E-state index is 0.715. The molecule has 0 radical (unpaired) electrons. The Morgan fingerprint density at radius 3 is 2.19 bits per heavy atom. The van der Waals surface area contributed by atoms with Crippen LogP contribution in [0.2, 0.25) is 0 Å². The fourth-order valence-corrected chi connectivity index (χ4v) is 7.18. The van der Waals surface area contributed by atoms with Crippen LogP contribution in [-0.2, 0) is 4.74 Å². The second-order valence-corrected chi connectivity index (χ2v) is 11.6. The van der Waals surface area contributed by atoms with Gasteiger partial charge in [0.2, 0.25) is 0 Å². The number of piperazine rings is 1. The summed E-state index contributed by atoms with van der Waals surface area (Å²) in [6.07, 6.45) is 14.6. The lowest BCUT2D eigenvalue weighted by atomic mass is 9.68. The van der Waals surface area contributed by atoms with Crippen LogP contribution in [0.1, 0.15) is 75.7 Å². The topological polar surface area (TPSA) is 19.0 Å². The first-order valence-corrected chi connectivity index (χ1v) is 13.7. The first-order chi connectivity index (χ1) is 15.8. The summed E-state index contributed by atoms with van der Waals surface area (Å²) in [4.78, 5) is 7.99. The summed E-state index contributed by atoms with van der Waals surface area (Å²) in [7, 11) is 0. The van der Waals surface area contributed by atoms with Gasteiger partial charge in [-0.1, -0.05) is 12.8 Å². The van der Waals surface area contributed by atoms with Crippen molar-refractivity contribution in [3.05, 3.63) is 23.8 Å². The highest BCUT2D eigenvalue weighted by Gasteiger charge is 2.38. The maximum Gasteiger partial charge on any atom is 0.0642 e. The quantitative estimate of drug-likeness (QED) is 0.624. The first kappa shape index (κ1) is 21.3. The van der Waals surface area contributed by atoms with Gasteiger partial charge in [0, 0.05) is 57.2 Å². The number of ether oxygens (including phenoxy) is 1. The third-order valence-electron chi connectivity index (χ3n) is 9.46. The van der Waals surface area contributed by atoms with E-state index in [9.17, 15) is 0 Å². The second-order valence-electron chi connectivity index (χ2n) is 11.6. The van der Waals surface area contributed by atoms with Gasteiger partial charge in [0.1, 0.15) is 0 Å². The van der Waals surface area contributed by atoms with Gasteiger partial charge >= 0.3 is 0 Å². The SMILES string of the molecule is c1cc(N2CCN(CC3CC3)CC2)c(C2CCC3(CCCC3)CC2)cc1N1CCOCC1. The minimum atomic E-state index is 0.715. The van der Waals surface area contributed by atoms with Gasteiger partial charge < -0.3 is 14.5 Å². The first-order valence-electron chi connectivity index (χ1n) is 13.7. The number of anilines is 2. The Bertz CT molecular complexity index is 761. The average molecular weight is 438 g/mol. The third-order valence-corrected chi connectivity index (χ3v) is 9.46. The maximum absolute atomic E-state index is 5.63. The average Bonchev–Trinajstić information content (AvgIpc) is 3.56. The van der Waals surface area contributed by atoms with Crippen molar-refractivity contribution in [3.8, 4) is 0 Å². The van der Waals surface area contributed by atoms with Crippen LogP contribution in [0, 0.1) is 11.3 Å². The Balaban J connectivity index is 1.21. The second kappa shape index (κ2) is 9.18. The molecule has 5 aliphatic rings. The van der Waals surface area contributed by atoms with E-state index in [0.29, 0.717) is 5.41 Å². The van der Waals surface area contributed by atoms with Crippen molar-refractivity contribution in [1.82, 2.24) is 4.90 Å². The van der Waals surface area contributed by atoms with Gasteiger partial charge in [0.15, 0.2) is 0 Å². The molecule has 1 spiro atoms. The molecule has 2 heterocycles. The number of morpholine rings is 1. The summed E-state index contributed by atoms with van der Waals surface area (Å²) in [6.45, 7) is 10.0. The summed E-state index contributed by atoms with van der Waals surface area (Å²) in [5.74, 6) is 1.76. The van der Waals surface area contributed by atoms with Crippen LogP contribution >= 0.6 is 0 Å². The molecule has 2 saturated heterocycles. The molecule has 4 nitrogen and oxygen atoms in total. The summed E-state index contributed by atoms with van der Waals surface area (Å²) in [5.41, 5.74) is 5.37. The van der Waals surface area contributed by atoms with Crippen molar-refractivity contribution in [2.24, 2.45) is 11.3 Å². The predicted octanol–water partition coefficient (Wildman–Crippen LogP) is 5.27. The monoisotopic (exact) mass is 437 g/mol. The molecule has 1 aromatic rings. The smallest absolute Gasteiger partial charge is 0.0642 e. The highest BCUT2D eigenvalue weighted by atomic mass is 16.5. The Hall–Kier alpha value is -1.26. The molecule has 0 unspecified atom stereocenters. The number of benzene rings is 1. The predicted molar refractivity (Wildman–Crippen MR) is 133 cm³/mol. The number of hydrogen-bond donors (Lipinski definition) is 0. The van der Waals surface area contributed by atoms with Gasteiger partial charge in [0.25, 0.3) is 0 Å². The highest BCUT2D eigenvalue weighted by molar-refractivity contribution is 5.63. The molecule has 3 saturated carbocycles. The normalized spacial score (nSPS) is 27.4. The summed E-state index contributed by atoms with van der Waals surface area (Å²) < 4.78 is 5.63. The zero-order valence-electron chi connectivity index (χ0n) is 20.1. The maximum atomic E-state index is 5.63. The zero-order valence-corrected chi connectivity index (χ0v) is 20.1. The fourth-order valence-electron chi connectivity index (χ4n) is 7.18. The molecule has 0 amide bonds. The molecule has 3 aliphatic carbocycles. The molecule has 6 rings (SSSR count). The molecular weight excluding hydrogens is 394 g/mol. The van der Waals surface area contributed by atoms with E-state index < -0.39 is 0 Å². The van der Waals surface area contributed by atoms with Crippen molar-refractivity contribution in [2.75, 3.05) is 68.8 Å². The van der Waals surface area contributed by atoms with E-state index in [1.54, 1.807) is 11.3 Å². The van der Waals surface area contributed by atoms with Crippen LogP contribution in [-0.4, -0.2) is 63.9 Å². The van der Waals surface area contributed by atoms with E-state index >= 15 is 0 Å². The Kier molecular flexibility index (Phi) is 6.10. The van der Waals surface area contributed by atoms with Crippen molar-refractivity contribution in [2.45, 2.75) is 70.1 Å². The molecule has 0 N–H and O–H groups in total. The summed E-state index contributed by atoms with van der Waals surface area (Å²) in [6, 6.07) is 7.48. The van der Waals surface area contributed by atoms with Gasteiger partial charge in [-0.2, -0.15) is 0 Å². The van der Waals surface area contributed by atoms with E-state index in [1.807, 2.05) is 0 Å². The standard InChI is InChI=1S/C28H43N3O/c1-2-10-28(9-1)11-7-24(8-12-28)26-21-25(30-17-19-32-20-18-30)5-6-27(26)31-15-13-29(14-16-31)22-23-3-4-23/h5-6,21,23-24H,1-4,7-20,22H2. The molecule has 4 heteroatoms. The van der Waals surface area contributed by atoms with E-state index in [2.05, 4.69) is 32.9 Å². The van der Waals surface area contributed by atoms with E-state index in [1.165, 1.54) is 103 Å². The van der Waals surface area contributed by atoms with Gasteiger partial charge in [-0.25, -0.2) is 0 Å². The van der Waals surface area contributed by atoms with Gasteiger partial charge in [-0.05, 0) is 92.4 Å². The minimum Gasteiger partial charge on any atom is -0.378 e. The van der Waals surface area contributed by atoms with Crippen LogP contribution in [0.5, 0.6) is 0 Å². The van der Waals surface area contributed by atoms with Gasteiger partial charge in [-0.15, -0.1) is 0 Å². The number of nitrogens with zero attached hydrogens (tertiary/aromatic N) is 3. The van der Waals surface area contributed by atoms with Crippen LogP contribution in [0.3, 0.4) is 0 Å².